The molecule has 0 saturated carbocycles. The zero-order valence-corrected chi connectivity index (χ0v) is 16.7. The zero-order valence-electron chi connectivity index (χ0n) is 15.9. The molecule has 0 saturated heterocycles. The summed E-state index contributed by atoms with van der Waals surface area (Å²) in [5.41, 5.74) is 1.72. The van der Waals surface area contributed by atoms with Crippen molar-refractivity contribution in [2.75, 3.05) is 29.9 Å². The van der Waals surface area contributed by atoms with Gasteiger partial charge in [0.05, 0.1) is 0 Å². The number of amides is 1. The van der Waals surface area contributed by atoms with Crippen LogP contribution in [0.4, 0.5) is 11.5 Å². The van der Waals surface area contributed by atoms with E-state index in [4.69, 9.17) is 25.8 Å². The van der Waals surface area contributed by atoms with E-state index in [2.05, 4.69) is 20.6 Å². The van der Waals surface area contributed by atoms with Crippen LogP contribution in [0.3, 0.4) is 0 Å². The maximum Gasteiger partial charge on any atom is 0.239 e. The molecular formula is C21H19ClN4O4. The van der Waals surface area contributed by atoms with Crippen LogP contribution in [0.1, 0.15) is 5.56 Å². The summed E-state index contributed by atoms with van der Waals surface area (Å²) in [7, 11) is 0. The highest BCUT2D eigenvalue weighted by Crippen LogP contribution is 2.32. The molecule has 4 rings (SSSR count). The Bertz CT molecular complexity index is 1050. The minimum atomic E-state index is -0.287. The van der Waals surface area contributed by atoms with E-state index in [1.54, 1.807) is 30.3 Å². The van der Waals surface area contributed by atoms with Crippen LogP contribution in [0.5, 0.6) is 23.1 Å². The lowest BCUT2D eigenvalue weighted by atomic mass is 10.1. The van der Waals surface area contributed by atoms with Gasteiger partial charge in [0.15, 0.2) is 11.5 Å². The first-order chi connectivity index (χ1) is 14.7. The Labute approximate surface area is 178 Å². The number of rotatable bonds is 8. The van der Waals surface area contributed by atoms with E-state index in [0.717, 1.165) is 23.5 Å². The minimum Gasteiger partial charge on any atom is -0.454 e. The van der Waals surface area contributed by atoms with Crippen molar-refractivity contribution in [2.45, 2.75) is 6.42 Å². The minimum absolute atomic E-state index is 0.113. The lowest BCUT2D eigenvalue weighted by Gasteiger charge is -2.09. The van der Waals surface area contributed by atoms with Gasteiger partial charge in [-0.2, -0.15) is 0 Å². The Balaban J connectivity index is 1.34. The number of nitrogens with zero attached hydrogens (tertiary/aromatic N) is 2. The van der Waals surface area contributed by atoms with E-state index in [0.29, 0.717) is 29.7 Å². The normalized spacial score (nSPS) is 11.8. The Morgan fingerprint density at radius 3 is 2.90 bits per heavy atom. The Morgan fingerprint density at radius 2 is 2.00 bits per heavy atom. The van der Waals surface area contributed by atoms with Crippen LogP contribution in [0, 0.1) is 0 Å². The van der Waals surface area contributed by atoms with Crippen molar-refractivity contribution in [3.05, 3.63) is 60.4 Å². The van der Waals surface area contributed by atoms with Crippen LogP contribution in [0.2, 0.25) is 0 Å². The molecule has 2 N–H and O–H groups in total. The molecule has 2 heterocycles. The van der Waals surface area contributed by atoms with E-state index in [9.17, 15) is 4.79 Å². The second-order valence-corrected chi connectivity index (χ2v) is 6.68. The fourth-order valence-electron chi connectivity index (χ4n) is 2.88. The average molecular weight is 427 g/mol. The molecule has 30 heavy (non-hydrogen) atoms. The largest absolute Gasteiger partial charge is 0.454 e. The SMILES string of the molecule is O=C(CCl)Nc1cccc(Oc2cc(NCCc3ccc4c(c3)OCO4)ncn2)c1. The maximum atomic E-state index is 11.4. The number of hydrogen-bond donors (Lipinski definition) is 2. The number of alkyl halides is 1. The smallest absolute Gasteiger partial charge is 0.239 e. The molecule has 0 radical (unpaired) electrons. The number of halogens is 1. The summed E-state index contributed by atoms with van der Waals surface area (Å²) in [6, 6.07) is 14.6. The third kappa shape index (κ3) is 5.09. The summed E-state index contributed by atoms with van der Waals surface area (Å²) >= 11 is 5.52. The van der Waals surface area contributed by atoms with Crippen molar-refractivity contribution in [1.29, 1.82) is 0 Å². The monoisotopic (exact) mass is 426 g/mol. The summed E-state index contributed by atoms with van der Waals surface area (Å²) in [6.45, 7) is 0.943. The van der Waals surface area contributed by atoms with E-state index in [-0.39, 0.29) is 18.6 Å². The van der Waals surface area contributed by atoms with Crippen LogP contribution in [-0.2, 0) is 11.2 Å². The summed E-state index contributed by atoms with van der Waals surface area (Å²) in [5, 5.41) is 5.93. The first-order valence-electron chi connectivity index (χ1n) is 9.28. The van der Waals surface area contributed by atoms with Crippen molar-refractivity contribution >= 4 is 29.0 Å². The Morgan fingerprint density at radius 1 is 1.10 bits per heavy atom. The lowest BCUT2D eigenvalue weighted by molar-refractivity contribution is -0.113. The summed E-state index contributed by atoms with van der Waals surface area (Å²) in [6.07, 6.45) is 2.22. The predicted octanol–water partition coefficient (Wildman–Crippen LogP) is 3.83. The summed E-state index contributed by atoms with van der Waals surface area (Å²) < 4.78 is 16.5. The van der Waals surface area contributed by atoms with Crippen LogP contribution in [0.15, 0.2) is 54.9 Å². The second-order valence-electron chi connectivity index (χ2n) is 6.42. The number of carbonyl (C=O) groups excluding carboxylic acids is 1. The number of fused-ring (bicyclic) bond motifs is 1. The van der Waals surface area contributed by atoms with E-state index >= 15 is 0 Å². The van der Waals surface area contributed by atoms with Gasteiger partial charge in [-0.1, -0.05) is 12.1 Å². The van der Waals surface area contributed by atoms with Gasteiger partial charge in [-0.3, -0.25) is 4.79 Å². The number of anilines is 2. The molecule has 9 heteroatoms. The van der Waals surface area contributed by atoms with Crippen LogP contribution < -0.4 is 24.8 Å². The van der Waals surface area contributed by atoms with Gasteiger partial charge in [-0.05, 0) is 36.2 Å². The standard InChI is InChI=1S/C21H19ClN4O4/c22-11-20(27)26-15-2-1-3-16(9-15)30-21-10-19(24-12-25-21)23-7-6-14-4-5-17-18(8-14)29-13-28-17/h1-5,8-10,12H,6-7,11,13H2,(H,26,27)(H,23,24,25). The van der Waals surface area contributed by atoms with E-state index < -0.39 is 0 Å². The fraction of sp³-hybridized carbons (Fsp3) is 0.190. The van der Waals surface area contributed by atoms with Crippen molar-refractivity contribution < 1.29 is 19.0 Å². The first kappa shape index (κ1) is 19.8. The molecular weight excluding hydrogens is 408 g/mol. The number of aromatic nitrogens is 2. The molecule has 154 valence electrons. The first-order valence-corrected chi connectivity index (χ1v) is 9.81. The second kappa shape index (κ2) is 9.32. The van der Waals surface area contributed by atoms with Crippen molar-refractivity contribution in [3.63, 3.8) is 0 Å². The zero-order chi connectivity index (χ0) is 20.8. The summed E-state index contributed by atoms with van der Waals surface area (Å²) in [5.74, 6) is 2.71. The predicted molar refractivity (Wildman–Crippen MR) is 113 cm³/mol. The molecule has 0 unspecified atom stereocenters. The van der Waals surface area contributed by atoms with Gasteiger partial charge < -0.3 is 24.8 Å². The van der Waals surface area contributed by atoms with Gasteiger partial charge in [0, 0.05) is 24.4 Å². The van der Waals surface area contributed by atoms with Gasteiger partial charge in [0.25, 0.3) is 0 Å². The van der Waals surface area contributed by atoms with E-state index in [1.807, 2.05) is 18.2 Å². The molecule has 0 spiro atoms. The van der Waals surface area contributed by atoms with Gasteiger partial charge in [0.1, 0.15) is 23.8 Å². The number of nitrogens with one attached hydrogen (secondary N) is 2. The molecule has 2 aromatic carbocycles. The lowest BCUT2D eigenvalue weighted by Crippen LogP contribution is -2.12. The molecule has 8 nitrogen and oxygen atoms in total. The molecule has 1 aliphatic heterocycles. The maximum absolute atomic E-state index is 11.4. The number of benzene rings is 2. The van der Waals surface area contributed by atoms with Crippen LogP contribution in [-0.4, -0.2) is 35.1 Å². The highest BCUT2D eigenvalue weighted by atomic mass is 35.5. The number of hydrogen-bond acceptors (Lipinski definition) is 7. The molecule has 1 amide bonds. The van der Waals surface area contributed by atoms with Gasteiger partial charge in [-0.15, -0.1) is 11.6 Å². The van der Waals surface area contributed by atoms with Gasteiger partial charge in [0.2, 0.25) is 18.6 Å². The topological polar surface area (TPSA) is 94.6 Å². The Hall–Kier alpha value is -3.52. The Kier molecular flexibility index (Phi) is 6.14. The molecule has 1 aliphatic rings. The van der Waals surface area contributed by atoms with Crippen LogP contribution >= 0.6 is 11.6 Å². The van der Waals surface area contributed by atoms with E-state index in [1.165, 1.54) is 6.33 Å². The average Bonchev–Trinajstić information content (AvgIpc) is 3.22. The third-order valence-corrected chi connectivity index (χ3v) is 4.50. The van der Waals surface area contributed by atoms with Crippen molar-refractivity contribution in [3.8, 4) is 23.1 Å². The molecule has 0 bridgehead atoms. The molecule has 3 aromatic rings. The van der Waals surface area contributed by atoms with Gasteiger partial charge in [-0.25, -0.2) is 9.97 Å². The molecule has 0 atom stereocenters. The summed E-state index contributed by atoms with van der Waals surface area (Å²) in [4.78, 5) is 19.8. The molecule has 0 aliphatic carbocycles. The third-order valence-electron chi connectivity index (χ3n) is 4.26. The quantitative estimate of drug-likeness (QED) is 0.528. The van der Waals surface area contributed by atoms with Crippen molar-refractivity contribution in [2.24, 2.45) is 0 Å². The van der Waals surface area contributed by atoms with Crippen molar-refractivity contribution in [1.82, 2.24) is 9.97 Å². The van der Waals surface area contributed by atoms with Crippen LogP contribution in [0.25, 0.3) is 0 Å². The highest BCUT2D eigenvalue weighted by molar-refractivity contribution is 6.29. The molecule has 0 fully saturated rings. The fourth-order valence-corrected chi connectivity index (χ4v) is 2.94. The number of ether oxygens (including phenoxy) is 3. The van der Waals surface area contributed by atoms with Gasteiger partial charge >= 0.3 is 0 Å². The molecule has 1 aromatic heterocycles. The number of carbonyl (C=O) groups is 1. The highest BCUT2D eigenvalue weighted by Gasteiger charge is 2.13.